The molecule has 0 saturated heterocycles. The lowest BCUT2D eigenvalue weighted by Gasteiger charge is -2.04. The summed E-state index contributed by atoms with van der Waals surface area (Å²) in [6.07, 6.45) is 0. The van der Waals surface area contributed by atoms with Crippen molar-refractivity contribution in [3.05, 3.63) is 24.3 Å². The summed E-state index contributed by atoms with van der Waals surface area (Å²) in [6, 6.07) is 7.90. The van der Waals surface area contributed by atoms with E-state index in [1.165, 1.54) is 0 Å². The normalized spacial score (nSPS) is 9.27. The van der Waals surface area contributed by atoms with Gasteiger partial charge in [0, 0.05) is 19.7 Å². The molecule has 0 aliphatic heterocycles. The summed E-state index contributed by atoms with van der Waals surface area (Å²) in [4.78, 5) is 0. The third-order valence-corrected chi connectivity index (χ3v) is 1.45. The lowest BCUT2D eigenvalue weighted by atomic mass is 10.3. The van der Waals surface area contributed by atoms with Gasteiger partial charge in [-0.15, -0.1) is 0 Å². The molecule has 0 amide bonds. The fourth-order valence-electron chi connectivity index (χ4n) is 0.937. The SMILES string of the molecule is CCNc1cccc(OC)c1.[HH]. The van der Waals surface area contributed by atoms with Crippen LogP contribution in [0.4, 0.5) is 5.69 Å². The van der Waals surface area contributed by atoms with Crippen LogP contribution in [0.5, 0.6) is 5.75 Å². The third-order valence-electron chi connectivity index (χ3n) is 1.45. The number of ether oxygens (including phenoxy) is 1. The molecule has 0 unspecified atom stereocenters. The summed E-state index contributed by atoms with van der Waals surface area (Å²) in [5, 5.41) is 3.20. The van der Waals surface area contributed by atoms with Gasteiger partial charge in [-0.3, -0.25) is 0 Å². The van der Waals surface area contributed by atoms with Crippen molar-refractivity contribution in [3.8, 4) is 5.75 Å². The van der Waals surface area contributed by atoms with Gasteiger partial charge in [0.05, 0.1) is 7.11 Å². The molecule has 0 saturated carbocycles. The van der Waals surface area contributed by atoms with Crippen LogP contribution >= 0.6 is 0 Å². The van der Waals surface area contributed by atoms with Crippen molar-refractivity contribution in [2.75, 3.05) is 19.0 Å². The first kappa shape index (κ1) is 7.92. The van der Waals surface area contributed by atoms with Crippen LogP contribution in [0.2, 0.25) is 0 Å². The number of anilines is 1. The molecule has 0 spiro atoms. The topological polar surface area (TPSA) is 21.3 Å². The maximum atomic E-state index is 5.06. The molecule has 1 N–H and O–H groups in total. The van der Waals surface area contributed by atoms with Crippen LogP contribution in [0.3, 0.4) is 0 Å². The van der Waals surface area contributed by atoms with Crippen molar-refractivity contribution in [3.63, 3.8) is 0 Å². The summed E-state index contributed by atoms with van der Waals surface area (Å²) >= 11 is 0. The van der Waals surface area contributed by atoms with E-state index >= 15 is 0 Å². The monoisotopic (exact) mass is 153 g/mol. The highest BCUT2D eigenvalue weighted by Crippen LogP contribution is 2.15. The van der Waals surface area contributed by atoms with Crippen molar-refractivity contribution in [2.45, 2.75) is 6.92 Å². The quantitative estimate of drug-likeness (QED) is 0.719. The Kier molecular flexibility index (Phi) is 2.78. The minimum atomic E-state index is 0. The summed E-state index contributed by atoms with van der Waals surface area (Å²) in [7, 11) is 1.67. The van der Waals surface area contributed by atoms with Gasteiger partial charge >= 0.3 is 0 Å². The van der Waals surface area contributed by atoms with Gasteiger partial charge < -0.3 is 10.1 Å². The zero-order chi connectivity index (χ0) is 8.10. The van der Waals surface area contributed by atoms with Crippen LogP contribution < -0.4 is 10.1 Å². The Balaban J connectivity index is 0.00000121. The molecule has 1 aromatic rings. The Labute approximate surface area is 68.7 Å². The first-order chi connectivity index (χ1) is 5.36. The highest BCUT2D eigenvalue weighted by molar-refractivity contribution is 5.47. The Morgan fingerprint density at radius 3 is 3.00 bits per heavy atom. The van der Waals surface area contributed by atoms with Gasteiger partial charge in [0.2, 0.25) is 0 Å². The van der Waals surface area contributed by atoms with Crippen molar-refractivity contribution in [1.82, 2.24) is 0 Å². The number of hydrogen-bond acceptors (Lipinski definition) is 2. The molecule has 0 atom stereocenters. The van der Waals surface area contributed by atoms with Crippen LogP contribution in [-0.4, -0.2) is 13.7 Å². The Morgan fingerprint density at radius 2 is 2.36 bits per heavy atom. The first-order valence-electron chi connectivity index (χ1n) is 3.74. The molecule has 2 heteroatoms. The van der Waals surface area contributed by atoms with Crippen molar-refractivity contribution < 1.29 is 6.16 Å². The Morgan fingerprint density at radius 1 is 1.55 bits per heavy atom. The first-order valence-corrected chi connectivity index (χ1v) is 3.74. The zero-order valence-corrected chi connectivity index (χ0v) is 6.92. The van der Waals surface area contributed by atoms with Crippen LogP contribution in [-0.2, 0) is 0 Å². The third kappa shape index (κ3) is 2.15. The van der Waals surface area contributed by atoms with Crippen LogP contribution in [0.25, 0.3) is 0 Å². The van der Waals surface area contributed by atoms with Gasteiger partial charge in [0.15, 0.2) is 0 Å². The number of hydrogen-bond donors (Lipinski definition) is 1. The second kappa shape index (κ2) is 3.86. The maximum absolute atomic E-state index is 5.06. The molecule has 0 fully saturated rings. The van der Waals surface area contributed by atoms with E-state index in [0.29, 0.717) is 0 Å². The van der Waals surface area contributed by atoms with Gasteiger partial charge in [-0.05, 0) is 19.1 Å². The minimum Gasteiger partial charge on any atom is -0.497 e. The summed E-state index contributed by atoms with van der Waals surface area (Å²) in [5.74, 6) is 0.892. The van der Waals surface area contributed by atoms with E-state index in [-0.39, 0.29) is 1.43 Å². The van der Waals surface area contributed by atoms with E-state index in [4.69, 9.17) is 4.74 Å². The molecular weight excluding hydrogens is 138 g/mol. The van der Waals surface area contributed by atoms with Crippen molar-refractivity contribution >= 4 is 5.69 Å². The fraction of sp³-hybridized carbons (Fsp3) is 0.333. The standard InChI is InChI=1S/C9H13NO.H2/c1-3-10-8-5-4-6-9(7-8)11-2;/h4-7,10H,3H2,1-2H3;1H. The molecule has 0 bridgehead atoms. The summed E-state index contributed by atoms with van der Waals surface area (Å²) in [6.45, 7) is 3.01. The lowest BCUT2D eigenvalue weighted by Crippen LogP contribution is -1.96. The molecule has 1 aromatic carbocycles. The zero-order valence-electron chi connectivity index (χ0n) is 6.92. The number of nitrogens with one attached hydrogen (secondary N) is 1. The van der Waals surface area contributed by atoms with Gasteiger partial charge in [0.25, 0.3) is 0 Å². The van der Waals surface area contributed by atoms with Gasteiger partial charge in [-0.25, -0.2) is 0 Å². The van der Waals surface area contributed by atoms with Crippen LogP contribution in [0, 0.1) is 0 Å². The predicted molar refractivity (Wildman–Crippen MR) is 49.3 cm³/mol. The lowest BCUT2D eigenvalue weighted by molar-refractivity contribution is 0.415. The van der Waals surface area contributed by atoms with Crippen molar-refractivity contribution in [2.24, 2.45) is 0 Å². The molecule has 62 valence electrons. The average molecular weight is 153 g/mol. The van der Waals surface area contributed by atoms with Gasteiger partial charge in [0.1, 0.15) is 5.75 Å². The molecule has 11 heavy (non-hydrogen) atoms. The Bertz CT molecular complexity index is 228. The van der Waals surface area contributed by atoms with Crippen molar-refractivity contribution in [1.29, 1.82) is 0 Å². The van der Waals surface area contributed by atoms with E-state index in [1.54, 1.807) is 7.11 Å². The van der Waals surface area contributed by atoms with Crippen LogP contribution in [0.15, 0.2) is 24.3 Å². The average Bonchev–Trinajstić information content (AvgIpc) is 2.06. The Hall–Kier alpha value is -1.18. The molecule has 0 aromatic heterocycles. The number of benzene rings is 1. The van der Waals surface area contributed by atoms with E-state index < -0.39 is 0 Å². The van der Waals surface area contributed by atoms with E-state index in [9.17, 15) is 0 Å². The predicted octanol–water partition coefficient (Wildman–Crippen LogP) is 2.37. The second-order valence-corrected chi connectivity index (χ2v) is 2.26. The maximum Gasteiger partial charge on any atom is 0.120 e. The summed E-state index contributed by atoms with van der Waals surface area (Å²) < 4.78 is 5.06. The van der Waals surface area contributed by atoms with E-state index in [1.807, 2.05) is 24.3 Å². The molecule has 0 aliphatic carbocycles. The molecule has 0 radical (unpaired) electrons. The molecule has 1 rings (SSSR count). The molecule has 2 nitrogen and oxygen atoms in total. The number of methoxy groups -OCH3 is 1. The molecular formula is C9H15NO. The summed E-state index contributed by atoms with van der Waals surface area (Å²) in [5.41, 5.74) is 1.10. The van der Waals surface area contributed by atoms with E-state index in [2.05, 4.69) is 12.2 Å². The smallest absolute Gasteiger partial charge is 0.120 e. The van der Waals surface area contributed by atoms with Gasteiger partial charge in [-0.1, -0.05) is 6.07 Å². The minimum absolute atomic E-state index is 0. The van der Waals surface area contributed by atoms with E-state index in [0.717, 1.165) is 18.0 Å². The molecule has 0 heterocycles. The largest absolute Gasteiger partial charge is 0.497 e. The van der Waals surface area contributed by atoms with Crippen LogP contribution in [0.1, 0.15) is 8.35 Å². The second-order valence-electron chi connectivity index (χ2n) is 2.26. The fourth-order valence-corrected chi connectivity index (χ4v) is 0.937. The molecule has 0 aliphatic rings. The van der Waals surface area contributed by atoms with Gasteiger partial charge in [-0.2, -0.15) is 0 Å². The highest BCUT2D eigenvalue weighted by Gasteiger charge is 1.91. The highest BCUT2D eigenvalue weighted by atomic mass is 16.5. The number of rotatable bonds is 3.